The van der Waals surface area contributed by atoms with Gasteiger partial charge in [0.15, 0.2) is 0 Å². The number of nitrogens with zero attached hydrogens (tertiary/aromatic N) is 2. The van der Waals surface area contributed by atoms with Gasteiger partial charge in [0.25, 0.3) is 0 Å². The second-order valence-electron chi connectivity index (χ2n) is 5.85. The van der Waals surface area contributed by atoms with Crippen molar-refractivity contribution in [1.29, 1.82) is 0 Å². The summed E-state index contributed by atoms with van der Waals surface area (Å²) in [5.41, 5.74) is 1.13. The van der Waals surface area contributed by atoms with Crippen molar-refractivity contribution in [3.8, 4) is 0 Å². The standard InChI is InChI=1S/C16H26N2O2/c1-13-9-18(10-14(2)20-13)12-16(19)11-17(3)15-7-5-4-6-8-15/h4-8,13-14,16,19H,9-12H2,1-3H3. The summed E-state index contributed by atoms with van der Waals surface area (Å²) in [5, 5.41) is 10.3. The molecule has 1 fully saturated rings. The molecule has 1 saturated heterocycles. The van der Waals surface area contributed by atoms with Gasteiger partial charge in [-0.2, -0.15) is 0 Å². The maximum Gasteiger partial charge on any atom is 0.0841 e. The molecule has 0 amide bonds. The van der Waals surface area contributed by atoms with Gasteiger partial charge in [0, 0.05) is 38.9 Å². The first-order valence-electron chi connectivity index (χ1n) is 7.36. The van der Waals surface area contributed by atoms with Crippen LogP contribution < -0.4 is 4.90 Å². The molecule has 0 radical (unpaired) electrons. The highest BCUT2D eigenvalue weighted by molar-refractivity contribution is 5.45. The molecule has 0 aromatic heterocycles. The first-order valence-corrected chi connectivity index (χ1v) is 7.36. The summed E-state index contributed by atoms with van der Waals surface area (Å²) < 4.78 is 5.71. The van der Waals surface area contributed by atoms with E-state index in [9.17, 15) is 5.11 Å². The molecule has 1 aromatic rings. The van der Waals surface area contributed by atoms with Crippen LogP contribution in [0.15, 0.2) is 30.3 Å². The predicted molar refractivity (Wildman–Crippen MR) is 82.2 cm³/mol. The van der Waals surface area contributed by atoms with E-state index >= 15 is 0 Å². The van der Waals surface area contributed by atoms with Gasteiger partial charge in [0.1, 0.15) is 0 Å². The fourth-order valence-corrected chi connectivity index (χ4v) is 2.89. The van der Waals surface area contributed by atoms with Crippen LogP contribution >= 0.6 is 0 Å². The summed E-state index contributed by atoms with van der Waals surface area (Å²) in [7, 11) is 2.02. The van der Waals surface area contributed by atoms with Gasteiger partial charge in [-0.05, 0) is 26.0 Å². The SMILES string of the molecule is CC1CN(CC(O)CN(C)c2ccccc2)CC(C)O1. The summed E-state index contributed by atoms with van der Waals surface area (Å²) >= 11 is 0. The predicted octanol–water partition coefficient (Wildman–Crippen LogP) is 1.59. The van der Waals surface area contributed by atoms with Gasteiger partial charge in [-0.15, -0.1) is 0 Å². The molecule has 0 aliphatic carbocycles. The van der Waals surface area contributed by atoms with E-state index in [1.54, 1.807) is 0 Å². The van der Waals surface area contributed by atoms with Crippen molar-refractivity contribution in [1.82, 2.24) is 4.90 Å². The first kappa shape index (κ1) is 15.3. The number of anilines is 1. The number of aliphatic hydroxyl groups is 1. The Morgan fingerprint density at radius 2 is 1.85 bits per heavy atom. The number of morpholine rings is 1. The normalized spacial score (nSPS) is 25.4. The van der Waals surface area contributed by atoms with Crippen molar-refractivity contribution in [2.45, 2.75) is 32.2 Å². The van der Waals surface area contributed by atoms with Crippen molar-refractivity contribution in [3.63, 3.8) is 0 Å². The molecule has 0 bridgehead atoms. The Bertz CT molecular complexity index is 389. The van der Waals surface area contributed by atoms with Gasteiger partial charge >= 0.3 is 0 Å². The number of hydrogen-bond donors (Lipinski definition) is 1. The maximum absolute atomic E-state index is 10.3. The van der Waals surface area contributed by atoms with Crippen LogP contribution in [-0.4, -0.2) is 61.5 Å². The van der Waals surface area contributed by atoms with Gasteiger partial charge in [-0.25, -0.2) is 0 Å². The van der Waals surface area contributed by atoms with Crippen LogP contribution in [-0.2, 0) is 4.74 Å². The van der Waals surface area contributed by atoms with Gasteiger partial charge in [0.05, 0.1) is 18.3 Å². The Morgan fingerprint density at radius 1 is 1.25 bits per heavy atom. The molecule has 0 spiro atoms. The van der Waals surface area contributed by atoms with E-state index in [1.165, 1.54) is 0 Å². The molecule has 1 aliphatic rings. The Hall–Kier alpha value is -1.10. The molecule has 1 aromatic carbocycles. The zero-order chi connectivity index (χ0) is 14.5. The van der Waals surface area contributed by atoms with Crippen LogP contribution in [0, 0.1) is 0 Å². The molecule has 0 saturated carbocycles. The molecular weight excluding hydrogens is 252 g/mol. The van der Waals surface area contributed by atoms with Gasteiger partial charge in [-0.3, -0.25) is 4.90 Å². The average Bonchev–Trinajstić information content (AvgIpc) is 2.38. The molecule has 3 unspecified atom stereocenters. The van der Waals surface area contributed by atoms with Crippen molar-refractivity contribution < 1.29 is 9.84 Å². The minimum Gasteiger partial charge on any atom is -0.390 e. The minimum atomic E-state index is -0.349. The lowest BCUT2D eigenvalue weighted by atomic mass is 10.2. The molecule has 1 N–H and O–H groups in total. The highest BCUT2D eigenvalue weighted by atomic mass is 16.5. The molecule has 20 heavy (non-hydrogen) atoms. The van der Waals surface area contributed by atoms with Gasteiger partial charge in [-0.1, -0.05) is 18.2 Å². The van der Waals surface area contributed by atoms with Crippen molar-refractivity contribution >= 4 is 5.69 Å². The van der Waals surface area contributed by atoms with E-state index in [1.807, 2.05) is 25.2 Å². The van der Waals surface area contributed by atoms with E-state index in [-0.39, 0.29) is 18.3 Å². The first-order chi connectivity index (χ1) is 9.54. The third-order valence-corrected chi connectivity index (χ3v) is 3.65. The fraction of sp³-hybridized carbons (Fsp3) is 0.625. The Kier molecular flexibility index (Phi) is 5.40. The molecule has 4 nitrogen and oxygen atoms in total. The van der Waals surface area contributed by atoms with Crippen LogP contribution in [0.2, 0.25) is 0 Å². The molecule has 4 heteroatoms. The summed E-state index contributed by atoms with van der Waals surface area (Å²) in [6, 6.07) is 10.2. The zero-order valence-electron chi connectivity index (χ0n) is 12.7. The van der Waals surface area contributed by atoms with Crippen molar-refractivity contribution in [2.24, 2.45) is 0 Å². The number of aliphatic hydroxyl groups excluding tert-OH is 1. The van der Waals surface area contributed by atoms with Crippen molar-refractivity contribution in [3.05, 3.63) is 30.3 Å². The number of rotatable bonds is 5. The van der Waals surface area contributed by atoms with Crippen LogP contribution in [0.1, 0.15) is 13.8 Å². The second-order valence-corrected chi connectivity index (χ2v) is 5.85. The molecule has 112 valence electrons. The van der Waals surface area contributed by atoms with Crippen LogP contribution in [0.25, 0.3) is 0 Å². The smallest absolute Gasteiger partial charge is 0.0841 e. The molecule has 2 rings (SSSR count). The number of likely N-dealkylation sites (N-methyl/N-ethyl adjacent to an activating group) is 1. The van der Waals surface area contributed by atoms with E-state index in [2.05, 4.69) is 35.8 Å². The number of ether oxygens (including phenoxy) is 1. The van der Waals surface area contributed by atoms with Gasteiger partial charge in [0.2, 0.25) is 0 Å². The van der Waals surface area contributed by atoms with Crippen LogP contribution in [0.4, 0.5) is 5.69 Å². The highest BCUT2D eigenvalue weighted by Crippen LogP contribution is 2.13. The van der Waals surface area contributed by atoms with E-state index < -0.39 is 0 Å². The quantitative estimate of drug-likeness (QED) is 0.887. The minimum absolute atomic E-state index is 0.248. The lowest BCUT2D eigenvalue weighted by molar-refractivity contribution is -0.0758. The summed E-state index contributed by atoms with van der Waals surface area (Å²) in [6.45, 7) is 7.32. The number of hydrogen-bond acceptors (Lipinski definition) is 4. The van der Waals surface area contributed by atoms with Gasteiger partial charge < -0.3 is 14.7 Å². The molecule has 3 atom stereocenters. The molecular formula is C16H26N2O2. The topological polar surface area (TPSA) is 35.9 Å². The monoisotopic (exact) mass is 278 g/mol. The maximum atomic E-state index is 10.3. The average molecular weight is 278 g/mol. The lowest BCUT2D eigenvalue weighted by Crippen LogP contribution is -2.49. The largest absolute Gasteiger partial charge is 0.390 e. The number of benzene rings is 1. The van der Waals surface area contributed by atoms with Crippen LogP contribution in [0.5, 0.6) is 0 Å². The fourth-order valence-electron chi connectivity index (χ4n) is 2.89. The molecule has 1 aliphatic heterocycles. The molecule has 1 heterocycles. The highest BCUT2D eigenvalue weighted by Gasteiger charge is 2.24. The Morgan fingerprint density at radius 3 is 2.45 bits per heavy atom. The summed E-state index contributed by atoms with van der Waals surface area (Å²) in [4.78, 5) is 4.39. The van der Waals surface area contributed by atoms with Crippen LogP contribution in [0.3, 0.4) is 0 Å². The van der Waals surface area contributed by atoms with E-state index in [0.29, 0.717) is 13.1 Å². The Labute approximate surface area is 122 Å². The zero-order valence-corrected chi connectivity index (χ0v) is 12.7. The number of β-amino-alcohol motifs (C(OH)–C–C–N with tert-alkyl or cyclic N) is 1. The van der Waals surface area contributed by atoms with Crippen molar-refractivity contribution in [2.75, 3.05) is 38.1 Å². The third-order valence-electron chi connectivity index (χ3n) is 3.65. The Balaban J connectivity index is 1.81. The summed E-state index contributed by atoms with van der Waals surface area (Å²) in [6.07, 6.45) is 0.147. The number of para-hydroxylation sites is 1. The lowest BCUT2D eigenvalue weighted by Gasteiger charge is -2.36. The summed E-state index contributed by atoms with van der Waals surface area (Å²) in [5.74, 6) is 0. The third kappa shape index (κ3) is 4.47. The second kappa shape index (κ2) is 7.07. The van der Waals surface area contributed by atoms with E-state index in [4.69, 9.17) is 4.74 Å². The van der Waals surface area contributed by atoms with E-state index in [0.717, 1.165) is 18.8 Å².